The fourth-order valence-electron chi connectivity index (χ4n) is 2.02. The molecule has 0 radical (unpaired) electrons. The average Bonchev–Trinajstić information content (AvgIpc) is 2.82. The Morgan fingerprint density at radius 3 is 2.80 bits per heavy atom. The van der Waals surface area contributed by atoms with Crippen LogP contribution in [0.3, 0.4) is 0 Å². The summed E-state index contributed by atoms with van der Waals surface area (Å²) in [6.07, 6.45) is 1.98. The van der Waals surface area contributed by atoms with Gasteiger partial charge in [-0.25, -0.2) is 8.42 Å². The minimum atomic E-state index is -3.84. The molecule has 1 fully saturated rings. The Kier molecular flexibility index (Phi) is 4.43. The summed E-state index contributed by atoms with van der Waals surface area (Å²) in [5.41, 5.74) is -0.417. The smallest absolute Gasteiger partial charge is 0.300 e. The van der Waals surface area contributed by atoms with Crippen LogP contribution in [-0.4, -0.2) is 37.0 Å². The van der Waals surface area contributed by atoms with Gasteiger partial charge in [-0.05, 0) is 12.8 Å². The molecule has 0 amide bonds. The van der Waals surface area contributed by atoms with Crippen LogP contribution in [-0.2, 0) is 14.8 Å². The van der Waals surface area contributed by atoms with E-state index in [4.69, 9.17) is 11.6 Å². The molecule has 0 N–H and O–H groups in total. The lowest BCUT2D eigenvalue weighted by atomic mass is 10.0. The number of carbonyl (C=O) groups excluding carboxylic acids is 1. The first-order chi connectivity index (χ1) is 9.36. The van der Waals surface area contributed by atoms with Gasteiger partial charge in [0, 0.05) is 25.1 Å². The van der Waals surface area contributed by atoms with E-state index in [1.54, 1.807) is 0 Å². The number of carbonyl (C=O) groups is 1. The molecule has 1 aromatic heterocycles. The van der Waals surface area contributed by atoms with Crippen molar-refractivity contribution in [2.45, 2.75) is 17.1 Å². The third-order valence-electron chi connectivity index (χ3n) is 3.05. The van der Waals surface area contributed by atoms with Gasteiger partial charge >= 0.3 is 0 Å². The molecule has 110 valence electrons. The SMILES string of the molecule is O=CC1CCCN(S(=O)(=O)c2cc([N+](=O)[O-])c(Cl)s2)C1. The van der Waals surface area contributed by atoms with Crippen molar-refractivity contribution in [2.75, 3.05) is 13.1 Å². The highest BCUT2D eigenvalue weighted by Gasteiger charge is 2.33. The minimum Gasteiger partial charge on any atom is -0.303 e. The standard InChI is InChI=1S/C10H11ClN2O5S2/c11-10-8(13(15)16)4-9(19-10)20(17,18)12-3-1-2-7(5-12)6-14/h4,6-7H,1-3,5H2. The van der Waals surface area contributed by atoms with Crippen molar-refractivity contribution in [1.29, 1.82) is 0 Å². The molecule has 1 aliphatic rings. The van der Waals surface area contributed by atoms with E-state index in [2.05, 4.69) is 0 Å². The maximum Gasteiger partial charge on any atom is 0.300 e. The summed E-state index contributed by atoms with van der Waals surface area (Å²) in [4.78, 5) is 20.8. The number of thiophene rings is 1. The van der Waals surface area contributed by atoms with Gasteiger partial charge in [0.05, 0.1) is 4.92 Å². The number of nitrogens with zero attached hydrogens (tertiary/aromatic N) is 2. The second-order valence-electron chi connectivity index (χ2n) is 4.38. The molecule has 0 aromatic carbocycles. The van der Waals surface area contributed by atoms with Crippen LogP contribution in [0.25, 0.3) is 0 Å². The lowest BCUT2D eigenvalue weighted by molar-refractivity contribution is -0.384. The van der Waals surface area contributed by atoms with Crippen LogP contribution < -0.4 is 0 Å². The van der Waals surface area contributed by atoms with Gasteiger partial charge in [0.15, 0.2) is 4.34 Å². The summed E-state index contributed by atoms with van der Waals surface area (Å²) in [5.74, 6) is -0.330. The highest BCUT2D eigenvalue weighted by molar-refractivity contribution is 7.91. The molecule has 0 spiro atoms. The molecule has 0 saturated carbocycles. The quantitative estimate of drug-likeness (QED) is 0.474. The molecule has 1 aromatic rings. The van der Waals surface area contributed by atoms with Crippen molar-refractivity contribution in [1.82, 2.24) is 4.31 Å². The summed E-state index contributed by atoms with van der Waals surface area (Å²) in [7, 11) is -3.84. The normalized spacial score (nSPS) is 20.8. The van der Waals surface area contributed by atoms with E-state index >= 15 is 0 Å². The Labute approximate surface area is 124 Å². The third kappa shape index (κ3) is 2.85. The van der Waals surface area contributed by atoms with E-state index in [0.29, 0.717) is 30.7 Å². The molecular formula is C10H11ClN2O5S2. The van der Waals surface area contributed by atoms with Crippen LogP contribution in [0, 0.1) is 16.0 Å². The van der Waals surface area contributed by atoms with Gasteiger partial charge in [-0.2, -0.15) is 4.31 Å². The monoisotopic (exact) mass is 338 g/mol. The Morgan fingerprint density at radius 2 is 2.25 bits per heavy atom. The zero-order valence-electron chi connectivity index (χ0n) is 10.2. The molecule has 1 saturated heterocycles. The molecule has 7 nitrogen and oxygen atoms in total. The second kappa shape index (κ2) is 5.76. The molecular weight excluding hydrogens is 328 g/mol. The van der Waals surface area contributed by atoms with Crippen molar-refractivity contribution in [3.63, 3.8) is 0 Å². The number of piperidine rings is 1. The first kappa shape index (κ1) is 15.4. The number of hydrogen-bond acceptors (Lipinski definition) is 6. The number of hydrogen-bond donors (Lipinski definition) is 0. The number of sulfonamides is 1. The van der Waals surface area contributed by atoms with Gasteiger partial charge in [-0.1, -0.05) is 11.6 Å². The number of nitro groups is 1. The number of aldehydes is 1. The Bertz CT molecular complexity index is 642. The summed E-state index contributed by atoms with van der Waals surface area (Å²) in [6, 6.07) is 0.965. The predicted octanol–water partition coefficient (Wildman–Crippen LogP) is 1.91. The van der Waals surface area contributed by atoms with Crippen LogP contribution in [0.1, 0.15) is 12.8 Å². The number of halogens is 1. The van der Waals surface area contributed by atoms with Crippen LogP contribution in [0.2, 0.25) is 4.34 Å². The molecule has 1 unspecified atom stereocenters. The van der Waals surface area contributed by atoms with E-state index in [1.165, 1.54) is 4.31 Å². The fourth-order valence-corrected chi connectivity index (χ4v) is 5.38. The van der Waals surface area contributed by atoms with Gasteiger partial charge in [-0.3, -0.25) is 10.1 Å². The molecule has 1 aliphatic heterocycles. The Morgan fingerprint density at radius 1 is 1.55 bits per heavy atom. The van der Waals surface area contributed by atoms with Crippen molar-refractivity contribution in [3.05, 3.63) is 20.5 Å². The highest BCUT2D eigenvalue weighted by Crippen LogP contribution is 2.38. The fraction of sp³-hybridized carbons (Fsp3) is 0.500. The maximum atomic E-state index is 12.4. The second-order valence-corrected chi connectivity index (χ2v) is 8.20. The van der Waals surface area contributed by atoms with E-state index < -0.39 is 20.6 Å². The largest absolute Gasteiger partial charge is 0.303 e. The molecule has 20 heavy (non-hydrogen) atoms. The first-order valence-corrected chi connectivity index (χ1v) is 8.39. The zero-order chi connectivity index (χ0) is 14.9. The summed E-state index contributed by atoms with van der Waals surface area (Å²) in [5, 5.41) is 10.7. The molecule has 1 atom stereocenters. The van der Waals surface area contributed by atoms with Crippen molar-refractivity contribution in [2.24, 2.45) is 5.92 Å². The Balaban J connectivity index is 2.32. The Hall–Kier alpha value is -1.03. The maximum absolute atomic E-state index is 12.4. The van der Waals surface area contributed by atoms with E-state index in [9.17, 15) is 23.3 Å². The van der Waals surface area contributed by atoms with Crippen molar-refractivity contribution < 1.29 is 18.1 Å². The zero-order valence-corrected chi connectivity index (χ0v) is 12.6. The van der Waals surface area contributed by atoms with E-state index in [1.807, 2.05) is 0 Å². The van der Waals surface area contributed by atoms with E-state index in [0.717, 1.165) is 12.4 Å². The third-order valence-corrected chi connectivity index (χ3v) is 6.70. The summed E-state index contributed by atoms with van der Waals surface area (Å²) >= 11 is 6.34. The van der Waals surface area contributed by atoms with Gasteiger partial charge in [0.2, 0.25) is 0 Å². The topological polar surface area (TPSA) is 97.6 Å². The van der Waals surface area contributed by atoms with Crippen molar-refractivity contribution >= 4 is 44.9 Å². The van der Waals surface area contributed by atoms with E-state index in [-0.39, 0.29) is 21.0 Å². The lowest BCUT2D eigenvalue weighted by Crippen LogP contribution is -2.40. The van der Waals surface area contributed by atoms with Crippen LogP contribution in [0.15, 0.2) is 10.3 Å². The summed E-state index contributed by atoms with van der Waals surface area (Å²) in [6.45, 7) is 0.408. The van der Waals surface area contributed by atoms with Crippen LogP contribution >= 0.6 is 22.9 Å². The first-order valence-electron chi connectivity index (χ1n) is 5.75. The summed E-state index contributed by atoms with van der Waals surface area (Å²) < 4.78 is 25.6. The molecule has 0 aliphatic carbocycles. The van der Waals surface area contributed by atoms with Crippen LogP contribution in [0.4, 0.5) is 5.69 Å². The minimum absolute atomic E-state index is 0.106. The average molecular weight is 339 g/mol. The van der Waals surface area contributed by atoms with Gasteiger partial charge in [0.25, 0.3) is 15.7 Å². The van der Waals surface area contributed by atoms with Gasteiger partial charge in [0.1, 0.15) is 10.5 Å². The van der Waals surface area contributed by atoms with Gasteiger partial charge in [-0.15, -0.1) is 11.3 Å². The van der Waals surface area contributed by atoms with Crippen LogP contribution in [0.5, 0.6) is 0 Å². The number of rotatable bonds is 4. The highest BCUT2D eigenvalue weighted by atomic mass is 35.5. The van der Waals surface area contributed by atoms with Gasteiger partial charge < -0.3 is 4.79 Å². The predicted molar refractivity (Wildman–Crippen MR) is 73.5 cm³/mol. The molecule has 2 heterocycles. The molecule has 10 heteroatoms. The molecule has 2 rings (SSSR count). The lowest BCUT2D eigenvalue weighted by Gasteiger charge is -2.28. The van der Waals surface area contributed by atoms with Crippen molar-refractivity contribution in [3.8, 4) is 0 Å². The molecule has 0 bridgehead atoms.